The van der Waals surface area contributed by atoms with Gasteiger partial charge >= 0.3 is 19.8 Å². The molecule has 5 N–H and O–H groups in total. The average molecular weight is 603 g/mol. The zero-order valence-corrected chi connectivity index (χ0v) is 24.4. The Morgan fingerprint density at radius 1 is 1.15 bits per heavy atom. The van der Waals surface area contributed by atoms with Gasteiger partial charge in [-0.05, 0) is 41.5 Å². The standard InChI is InChI=1S/C23H35N6O11P/c1-21(2,3)18(32)35-10-38-41(34,39-11-36-19(33)22(4,5)6)37-7-12-14(30)23(8-26-23)17(40-12)29-9-25-13-15(29)27-20(24)28-16(13)31/h9,12,14,17,26,30H,7-8,10-11H2,1-6H3,(H3,24,27,28,31)/t12-,14?,17?,23+/m1/s1. The highest BCUT2D eigenvalue weighted by Crippen LogP contribution is 2.52. The summed E-state index contributed by atoms with van der Waals surface area (Å²) in [4.78, 5) is 47.0. The van der Waals surface area contributed by atoms with Crippen LogP contribution in [-0.2, 0) is 41.9 Å². The average Bonchev–Trinajstić information content (AvgIpc) is 3.48. The van der Waals surface area contributed by atoms with Gasteiger partial charge in [0.1, 0.15) is 17.7 Å². The molecule has 2 aromatic heterocycles. The van der Waals surface area contributed by atoms with Crippen LogP contribution in [0.2, 0.25) is 0 Å². The summed E-state index contributed by atoms with van der Waals surface area (Å²) >= 11 is 0. The van der Waals surface area contributed by atoms with Gasteiger partial charge in [0.05, 0.1) is 23.8 Å². The van der Waals surface area contributed by atoms with E-state index in [0.717, 1.165) is 0 Å². The number of aliphatic hydroxyl groups is 1. The summed E-state index contributed by atoms with van der Waals surface area (Å²) in [6, 6.07) is 0. The van der Waals surface area contributed by atoms with Crippen molar-refractivity contribution in [3.8, 4) is 0 Å². The first-order valence-corrected chi connectivity index (χ1v) is 14.1. The summed E-state index contributed by atoms with van der Waals surface area (Å²) in [7, 11) is -4.53. The smallest absolute Gasteiger partial charge is 0.437 e. The molecule has 0 aliphatic carbocycles. The van der Waals surface area contributed by atoms with Gasteiger partial charge in [0.15, 0.2) is 17.4 Å². The van der Waals surface area contributed by atoms with Crippen molar-refractivity contribution in [2.24, 2.45) is 10.8 Å². The normalized spacial score (nSPS) is 24.6. The number of hydrogen-bond acceptors (Lipinski definition) is 15. The summed E-state index contributed by atoms with van der Waals surface area (Å²) < 4.78 is 46.6. The maximum atomic E-state index is 13.4. The number of phosphoric acid groups is 1. The van der Waals surface area contributed by atoms with E-state index >= 15 is 0 Å². The number of aromatic amines is 1. The second kappa shape index (κ2) is 11.1. The topological polar surface area (TPSA) is 238 Å². The number of nitrogen functional groups attached to an aromatic ring is 1. The number of nitrogens with two attached hydrogens (primary N) is 1. The molecule has 0 aromatic carbocycles. The molecule has 2 aliphatic heterocycles. The Labute approximate surface area is 234 Å². The van der Waals surface area contributed by atoms with E-state index in [0.29, 0.717) is 6.54 Å². The van der Waals surface area contributed by atoms with Crippen LogP contribution in [0.15, 0.2) is 11.1 Å². The van der Waals surface area contributed by atoms with Crippen molar-refractivity contribution in [1.82, 2.24) is 24.8 Å². The van der Waals surface area contributed by atoms with Crippen molar-refractivity contribution in [3.63, 3.8) is 0 Å². The molecule has 2 aliphatic rings. The number of carbonyl (C=O) groups is 2. The van der Waals surface area contributed by atoms with E-state index < -0.39 is 80.3 Å². The van der Waals surface area contributed by atoms with Crippen molar-refractivity contribution in [2.45, 2.75) is 65.5 Å². The fourth-order valence-electron chi connectivity index (χ4n) is 3.88. The lowest BCUT2D eigenvalue weighted by Crippen LogP contribution is -2.39. The number of anilines is 1. The largest absolute Gasteiger partial charge is 0.480 e. The lowest BCUT2D eigenvalue weighted by molar-refractivity contribution is -0.163. The molecule has 0 radical (unpaired) electrons. The molecular formula is C23H35N6O11P. The van der Waals surface area contributed by atoms with Crippen LogP contribution in [0.25, 0.3) is 11.2 Å². The number of nitrogens with one attached hydrogen (secondary N) is 2. The van der Waals surface area contributed by atoms with Gasteiger partial charge in [-0.15, -0.1) is 0 Å². The first-order chi connectivity index (χ1) is 19.0. The van der Waals surface area contributed by atoms with E-state index in [9.17, 15) is 24.1 Å². The van der Waals surface area contributed by atoms with Crippen molar-refractivity contribution in [2.75, 3.05) is 32.5 Å². The third-order valence-electron chi connectivity index (χ3n) is 6.34. The van der Waals surface area contributed by atoms with Crippen LogP contribution in [0.3, 0.4) is 0 Å². The Balaban J connectivity index is 1.47. The highest BCUT2D eigenvalue weighted by Gasteiger charge is 2.65. The fourth-order valence-corrected chi connectivity index (χ4v) is 4.80. The minimum Gasteiger partial charge on any atom is -0.437 e. The number of nitrogens with zero attached hydrogens (tertiary/aromatic N) is 3. The molecule has 228 valence electrons. The van der Waals surface area contributed by atoms with Crippen molar-refractivity contribution in [3.05, 3.63) is 16.7 Å². The van der Waals surface area contributed by atoms with Crippen LogP contribution in [0, 0.1) is 10.8 Å². The molecule has 18 heteroatoms. The van der Waals surface area contributed by atoms with E-state index in [1.165, 1.54) is 10.9 Å². The molecule has 0 saturated carbocycles. The molecule has 2 saturated heterocycles. The van der Waals surface area contributed by atoms with Gasteiger partial charge in [0.25, 0.3) is 5.56 Å². The summed E-state index contributed by atoms with van der Waals surface area (Å²) in [5.74, 6) is -1.40. The molecule has 17 nitrogen and oxygen atoms in total. The molecule has 1 spiro atoms. The van der Waals surface area contributed by atoms with Gasteiger partial charge < -0.3 is 30.4 Å². The lowest BCUT2D eigenvalue weighted by Gasteiger charge is -2.23. The molecule has 41 heavy (non-hydrogen) atoms. The minimum atomic E-state index is -4.53. The highest BCUT2D eigenvalue weighted by atomic mass is 31.2. The van der Waals surface area contributed by atoms with E-state index in [4.69, 9.17) is 33.5 Å². The van der Waals surface area contributed by atoms with Gasteiger partial charge in [0.2, 0.25) is 19.5 Å². The number of ether oxygens (including phenoxy) is 3. The van der Waals surface area contributed by atoms with Crippen LogP contribution in [0.4, 0.5) is 5.95 Å². The van der Waals surface area contributed by atoms with E-state index in [2.05, 4.69) is 20.3 Å². The first kappa shape index (κ1) is 31.0. The number of fused-ring (bicyclic) bond motifs is 1. The van der Waals surface area contributed by atoms with E-state index in [-0.39, 0.29) is 17.1 Å². The number of rotatable bonds is 10. The van der Waals surface area contributed by atoms with Crippen LogP contribution in [0.1, 0.15) is 47.8 Å². The second-order valence-electron chi connectivity index (χ2n) is 11.7. The molecule has 4 heterocycles. The summed E-state index contributed by atoms with van der Waals surface area (Å²) in [5.41, 5.74) is 2.60. The van der Waals surface area contributed by atoms with Crippen LogP contribution in [0.5, 0.6) is 0 Å². The number of imidazole rings is 1. The zero-order valence-electron chi connectivity index (χ0n) is 23.5. The molecule has 4 rings (SSSR count). The van der Waals surface area contributed by atoms with Gasteiger partial charge in [0, 0.05) is 6.54 Å². The Morgan fingerprint density at radius 3 is 2.22 bits per heavy atom. The molecular weight excluding hydrogens is 567 g/mol. The lowest BCUT2D eigenvalue weighted by atomic mass is 9.98. The summed E-state index contributed by atoms with van der Waals surface area (Å²) in [5, 5.41) is 14.1. The number of aromatic nitrogens is 4. The van der Waals surface area contributed by atoms with Gasteiger partial charge in [-0.25, -0.2) is 18.6 Å². The highest BCUT2D eigenvalue weighted by molar-refractivity contribution is 7.48. The minimum absolute atomic E-state index is 0.0219. The van der Waals surface area contributed by atoms with Crippen molar-refractivity contribution < 1.29 is 47.0 Å². The quantitative estimate of drug-likeness (QED) is 0.126. The maximum Gasteiger partial charge on any atom is 0.480 e. The first-order valence-electron chi connectivity index (χ1n) is 12.7. The molecule has 4 atom stereocenters. The summed E-state index contributed by atoms with van der Waals surface area (Å²) in [6.45, 7) is 7.97. The van der Waals surface area contributed by atoms with Crippen molar-refractivity contribution in [1.29, 1.82) is 0 Å². The fraction of sp³-hybridized carbons (Fsp3) is 0.696. The Hall–Kier alpha value is -2.92. The molecule has 2 unspecified atom stereocenters. The molecule has 2 aromatic rings. The molecule has 0 amide bonds. The predicted molar refractivity (Wildman–Crippen MR) is 140 cm³/mol. The maximum absolute atomic E-state index is 13.4. The monoisotopic (exact) mass is 602 g/mol. The number of phosphoric ester groups is 1. The van der Waals surface area contributed by atoms with Crippen LogP contribution < -0.4 is 16.6 Å². The van der Waals surface area contributed by atoms with E-state index in [1.54, 1.807) is 41.5 Å². The molecule has 2 fully saturated rings. The zero-order chi connectivity index (χ0) is 30.4. The summed E-state index contributed by atoms with van der Waals surface area (Å²) in [6.07, 6.45) is -1.83. The number of carbonyl (C=O) groups excluding carboxylic acids is 2. The number of H-pyrrole nitrogens is 1. The van der Waals surface area contributed by atoms with Gasteiger partial charge in [-0.2, -0.15) is 4.98 Å². The number of esters is 2. The number of aliphatic hydroxyl groups excluding tert-OH is 1. The van der Waals surface area contributed by atoms with Gasteiger partial charge in [-0.3, -0.25) is 28.5 Å². The SMILES string of the molecule is CC(C)(C)C(=O)OCOP(=O)(OCOC(=O)C(C)(C)C)OC[C@H]1OC(n2cnc3c(=O)[nH]c(N)nc32)[C@]2(CN2)C1O. The third-order valence-corrected chi connectivity index (χ3v) is 7.64. The predicted octanol–water partition coefficient (Wildman–Crippen LogP) is 0.554. The Bertz CT molecular complexity index is 1370. The van der Waals surface area contributed by atoms with E-state index in [1.807, 2.05) is 0 Å². The van der Waals surface area contributed by atoms with Crippen LogP contribution in [-0.4, -0.2) is 81.0 Å². The van der Waals surface area contributed by atoms with Crippen LogP contribution >= 0.6 is 7.82 Å². The van der Waals surface area contributed by atoms with Gasteiger partial charge in [-0.1, -0.05) is 0 Å². The Morgan fingerprint density at radius 2 is 1.71 bits per heavy atom. The third kappa shape index (κ3) is 6.61. The second-order valence-corrected chi connectivity index (χ2v) is 13.4. The Kier molecular flexibility index (Phi) is 8.36. The number of hydrogen-bond donors (Lipinski definition) is 4. The molecule has 0 bridgehead atoms. The van der Waals surface area contributed by atoms with Crippen molar-refractivity contribution >= 4 is 36.9 Å².